The fourth-order valence-corrected chi connectivity index (χ4v) is 3.43. The molecule has 17 heavy (non-hydrogen) atoms. The van der Waals surface area contributed by atoms with Crippen molar-refractivity contribution in [2.75, 3.05) is 0 Å². The highest BCUT2D eigenvalue weighted by Gasteiger charge is 2.26. The van der Waals surface area contributed by atoms with E-state index in [0.29, 0.717) is 5.92 Å². The molecule has 2 rings (SSSR count). The Morgan fingerprint density at radius 2 is 1.88 bits per heavy atom. The van der Waals surface area contributed by atoms with Crippen molar-refractivity contribution in [1.29, 1.82) is 0 Å². The second-order valence-electron chi connectivity index (χ2n) is 5.44. The Balaban J connectivity index is 2.14. The summed E-state index contributed by atoms with van der Waals surface area (Å²) in [6.45, 7) is 4.43. The molecular formula is C15H21IO. The molecule has 0 saturated heterocycles. The van der Waals surface area contributed by atoms with Gasteiger partial charge in [0.15, 0.2) is 0 Å². The number of aryl methyl sites for hydroxylation is 1. The molecule has 1 aliphatic rings. The fraction of sp³-hybridized carbons (Fsp3) is 0.600. The van der Waals surface area contributed by atoms with Crippen molar-refractivity contribution < 1.29 is 5.11 Å². The minimum atomic E-state index is -0.269. The van der Waals surface area contributed by atoms with Gasteiger partial charge in [-0.1, -0.05) is 38.0 Å². The lowest BCUT2D eigenvalue weighted by Crippen LogP contribution is -2.20. The molecule has 0 aromatic heterocycles. The average molecular weight is 344 g/mol. The molecule has 0 bridgehead atoms. The Morgan fingerprint density at radius 3 is 2.53 bits per heavy atom. The molecule has 2 heteroatoms. The first-order chi connectivity index (χ1) is 8.09. The zero-order valence-corrected chi connectivity index (χ0v) is 12.8. The summed E-state index contributed by atoms with van der Waals surface area (Å²) in [5.74, 6) is 1.30. The summed E-state index contributed by atoms with van der Waals surface area (Å²) in [4.78, 5) is 0. The highest BCUT2D eigenvalue weighted by molar-refractivity contribution is 14.1. The molecule has 1 atom stereocenters. The highest BCUT2D eigenvalue weighted by Crippen LogP contribution is 2.38. The lowest BCUT2D eigenvalue weighted by molar-refractivity contribution is 0.0749. The van der Waals surface area contributed by atoms with Gasteiger partial charge < -0.3 is 5.11 Å². The third-order valence-corrected chi connectivity index (χ3v) is 5.52. The molecular weight excluding hydrogens is 323 g/mol. The number of halogens is 1. The summed E-state index contributed by atoms with van der Waals surface area (Å²) < 4.78 is 1.23. The lowest BCUT2D eigenvalue weighted by Gasteiger charge is -2.30. The zero-order valence-electron chi connectivity index (χ0n) is 10.6. The Kier molecular flexibility index (Phi) is 4.47. The van der Waals surface area contributed by atoms with Crippen LogP contribution in [0.1, 0.15) is 49.8 Å². The van der Waals surface area contributed by atoms with Crippen LogP contribution in [0.3, 0.4) is 0 Å². The van der Waals surface area contributed by atoms with E-state index in [1.54, 1.807) is 0 Å². The van der Waals surface area contributed by atoms with Crippen LogP contribution < -0.4 is 0 Å². The van der Waals surface area contributed by atoms with Crippen LogP contribution in [0.25, 0.3) is 0 Å². The van der Waals surface area contributed by atoms with E-state index in [2.05, 4.69) is 54.6 Å². The molecule has 1 fully saturated rings. The van der Waals surface area contributed by atoms with Gasteiger partial charge in [-0.25, -0.2) is 0 Å². The Labute approximate surface area is 118 Å². The third kappa shape index (κ3) is 3.02. The summed E-state index contributed by atoms with van der Waals surface area (Å²) in [6, 6.07) is 6.25. The van der Waals surface area contributed by atoms with E-state index >= 15 is 0 Å². The Morgan fingerprint density at radius 1 is 1.24 bits per heavy atom. The smallest absolute Gasteiger partial charge is 0.0828 e. The Bertz CT molecular complexity index is 381. The molecule has 0 spiro atoms. The second kappa shape index (κ2) is 5.70. The van der Waals surface area contributed by atoms with Crippen LogP contribution in [0, 0.1) is 22.3 Å². The van der Waals surface area contributed by atoms with Crippen molar-refractivity contribution >= 4 is 22.6 Å². The monoisotopic (exact) mass is 344 g/mol. The van der Waals surface area contributed by atoms with Gasteiger partial charge in [0.25, 0.3) is 0 Å². The molecule has 1 N–H and O–H groups in total. The van der Waals surface area contributed by atoms with Crippen molar-refractivity contribution in [3.63, 3.8) is 0 Å². The van der Waals surface area contributed by atoms with Gasteiger partial charge in [0, 0.05) is 3.57 Å². The minimum absolute atomic E-state index is 0.269. The van der Waals surface area contributed by atoms with Gasteiger partial charge in [-0.3, -0.25) is 0 Å². The van der Waals surface area contributed by atoms with Gasteiger partial charge in [0.1, 0.15) is 0 Å². The van der Waals surface area contributed by atoms with Crippen LogP contribution in [-0.2, 0) is 0 Å². The fourth-order valence-electron chi connectivity index (χ4n) is 2.75. The molecule has 0 aliphatic heterocycles. The van der Waals surface area contributed by atoms with E-state index in [4.69, 9.17) is 0 Å². The molecule has 0 heterocycles. The van der Waals surface area contributed by atoms with Crippen molar-refractivity contribution in [3.05, 3.63) is 32.9 Å². The average Bonchev–Trinajstić information content (AvgIpc) is 2.33. The first-order valence-electron chi connectivity index (χ1n) is 6.52. The van der Waals surface area contributed by atoms with Crippen LogP contribution >= 0.6 is 22.6 Å². The van der Waals surface area contributed by atoms with E-state index < -0.39 is 0 Å². The minimum Gasteiger partial charge on any atom is -0.388 e. The van der Waals surface area contributed by atoms with E-state index in [-0.39, 0.29) is 6.10 Å². The van der Waals surface area contributed by atoms with E-state index in [9.17, 15) is 5.11 Å². The normalized spacial score (nSPS) is 26.8. The highest BCUT2D eigenvalue weighted by atomic mass is 127. The van der Waals surface area contributed by atoms with Gasteiger partial charge in [-0.2, -0.15) is 0 Å². The molecule has 1 aliphatic carbocycles. The predicted octanol–water partition coefficient (Wildman–Crippen LogP) is 4.46. The maximum atomic E-state index is 10.5. The van der Waals surface area contributed by atoms with Crippen LogP contribution in [0.5, 0.6) is 0 Å². The first kappa shape index (κ1) is 13.3. The molecule has 0 radical (unpaired) electrons. The topological polar surface area (TPSA) is 20.2 Å². The summed E-state index contributed by atoms with van der Waals surface area (Å²) in [5, 5.41) is 10.5. The second-order valence-corrected chi connectivity index (χ2v) is 6.52. The van der Waals surface area contributed by atoms with Crippen molar-refractivity contribution in [3.8, 4) is 0 Å². The van der Waals surface area contributed by atoms with Gasteiger partial charge in [0.05, 0.1) is 6.10 Å². The van der Waals surface area contributed by atoms with Crippen molar-refractivity contribution in [2.24, 2.45) is 11.8 Å². The van der Waals surface area contributed by atoms with Crippen LogP contribution in [0.4, 0.5) is 0 Å². The van der Waals surface area contributed by atoms with Crippen LogP contribution in [-0.4, -0.2) is 5.11 Å². The van der Waals surface area contributed by atoms with E-state index in [0.717, 1.165) is 11.5 Å². The van der Waals surface area contributed by atoms with Gasteiger partial charge >= 0.3 is 0 Å². The largest absolute Gasteiger partial charge is 0.388 e. The lowest BCUT2D eigenvalue weighted by atomic mass is 9.78. The van der Waals surface area contributed by atoms with E-state index in [1.165, 1.54) is 34.8 Å². The number of hydrogen-bond donors (Lipinski definition) is 1. The quantitative estimate of drug-likeness (QED) is 0.786. The molecule has 1 aromatic rings. The number of rotatable bonds is 2. The predicted molar refractivity (Wildman–Crippen MR) is 80.0 cm³/mol. The standard InChI is InChI=1S/C15H21IO/c1-10-6-8-12(9-7-10)15(17)13-5-3-4-11(2)14(13)16/h3-5,10,12,15,17H,6-9H2,1-2H3. The van der Waals surface area contributed by atoms with Crippen molar-refractivity contribution in [1.82, 2.24) is 0 Å². The molecule has 1 unspecified atom stereocenters. The van der Waals surface area contributed by atoms with Gasteiger partial charge in [-0.15, -0.1) is 0 Å². The van der Waals surface area contributed by atoms with Crippen LogP contribution in [0.2, 0.25) is 0 Å². The van der Waals surface area contributed by atoms with Crippen LogP contribution in [0.15, 0.2) is 18.2 Å². The first-order valence-corrected chi connectivity index (χ1v) is 7.60. The maximum Gasteiger partial charge on any atom is 0.0828 e. The SMILES string of the molecule is Cc1cccc(C(O)C2CCC(C)CC2)c1I. The van der Waals surface area contributed by atoms with Gasteiger partial charge in [-0.05, 0) is 65.3 Å². The summed E-state index contributed by atoms with van der Waals surface area (Å²) in [7, 11) is 0. The molecule has 94 valence electrons. The van der Waals surface area contributed by atoms with Crippen molar-refractivity contribution in [2.45, 2.75) is 45.6 Å². The third-order valence-electron chi connectivity index (χ3n) is 4.05. The number of aliphatic hydroxyl groups is 1. The molecule has 0 amide bonds. The number of aliphatic hydroxyl groups excluding tert-OH is 1. The molecule has 1 nitrogen and oxygen atoms in total. The maximum absolute atomic E-state index is 10.5. The summed E-state index contributed by atoms with van der Waals surface area (Å²) >= 11 is 2.36. The zero-order chi connectivity index (χ0) is 12.4. The Hall–Kier alpha value is -0.0900. The molecule has 1 saturated carbocycles. The summed E-state index contributed by atoms with van der Waals surface area (Å²) in [6.07, 6.45) is 4.61. The number of hydrogen-bond acceptors (Lipinski definition) is 1. The molecule has 1 aromatic carbocycles. The van der Waals surface area contributed by atoms with Gasteiger partial charge in [0.2, 0.25) is 0 Å². The number of benzene rings is 1. The van der Waals surface area contributed by atoms with E-state index in [1.807, 2.05) is 0 Å². The summed E-state index contributed by atoms with van der Waals surface area (Å²) in [5.41, 5.74) is 2.40.